The number of pyridine rings is 1. The minimum atomic E-state index is -0.442. The van der Waals surface area contributed by atoms with Gasteiger partial charge in [0, 0.05) is 31.8 Å². The van der Waals surface area contributed by atoms with E-state index >= 15 is 0 Å². The predicted molar refractivity (Wildman–Crippen MR) is 117 cm³/mol. The van der Waals surface area contributed by atoms with E-state index in [1.807, 2.05) is 23.2 Å². The largest absolute Gasteiger partial charge is 0.459 e. The Morgan fingerprint density at radius 2 is 2.09 bits per heavy atom. The average Bonchev–Trinajstić information content (AvgIpc) is 3.49. The molecule has 2 atom stereocenters. The van der Waals surface area contributed by atoms with E-state index in [4.69, 9.17) is 4.42 Å². The lowest BCUT2D eigenvalue weighted by atomic mass is 9.87. The molecule has 8 nitrogen and oxygen atoms in total. The smallest absolute Gasteiger partial charge is 0.293 e. The second-order valence-electron chi connectivity index (χ2n) is 8.08. The first-order valence-corrected chi connectivity index (χ1v) is 11.5. The molecule has 32 heavy (non-hydrogen) atoms. The third-order valence-electron chi connectivity index (χ3n) is 5.99. The molecule has 9 heteroatoms. The van der Waals surface area contributed by atoms with Crippen LogP contribution in [-0.4, -0.2) is 39.0 Å². The van der Waals surface area contributed by atoms with Crippen LogP contribution < -0.4 is 5.32 Å². The number of hydrogen-bond donors (Lipinski definition) is 1. The molecule has 3 aromatic heterocycles. The van der Waals surface area contributed by atoms with Crippen LogP contribution in [0.15, 0.2) is 47.3 Å². The van der Waals surface area contributed by atoms with Gasteiger partial charge in [0.05, 0.1) is 28.8 Å². The summed E-state index contributed by atoms with van der Waals surface area (Å²) >= 11 is 1.15. The number of nitrogens with one attached hydrogen (secondary N) is 1. The highest BCUT2D eigenvalue weighted by Gasteiger charge is 2.38. The number of hydrogen-bond acceptors (Lipinski definition) is 7. The van der Waals surface area contributed by atoms with Crippen molar-refractivity contribution in [3.05, 3.63) is 64.8 Å². The van der Waals surface area contributed by atoms with Crippen molar-refractivity contribution in [1.82, 2.24) is 14.9 Å². The number of carbonyl (C=O) groups excluding carboxylic acids is 3. The van der Waals surface area contributed by atoms with E-state index in [1.165, 1.54) is 6.26 Å². The molecule has 0 aromatic carbocycles. The molecule has 1 N–H and O–H groups in total. The van der Waals surface area contributed by atoms with Gasteiger partial charge in [-0.1, -0.05) is 17.4 Å². The number of anilines is 1. The standard InChI is InChI=1S/C23H22N4O4S/c28-18-12-15(22(30)27-9-2-1-6-17(27)14-5-3-8-24-13-14)11-16-20(18)32-23(25-16)26-21(29)19-7-4-10-31-19/h3-5,7-8,10,13,15,17H,1-2,6,9,11-12H2,(H,25,26,29). The topological polar surface area (TPSA) is 105 Å². The Morgan fingerprint density at radius 3 is 2.88 bits per heavy atom. The molecule has 164 valence electrons. The quantitative estimate of drug-likeness (QED) is 0.647. The van der Waals surface area contributed by atoms with Crippen LogP contribution in [0, 0.1) is 5.92 Å². The minimum Gasteiger partial charge on any atom is -0.459 e. The van der Waals surface area contributed by atoms with Gasteiger partial charge in [0.15, 0.2) is 16.7 Å². The van der Waals surface area contributed by atoms with Gasteiger partial charge >= 0.3 is 0 Å². The predicted octanol–water partition coefficient (Wildman–Crippen LogP) is 3.88. The highest BCUT2D eigenvalue weighted by atomic mass is 32.1. The van der Waals surface area contributed by atoms with E-state index < -0.39 is 11.8 Å². The third-order valence-corrected chi connectivity index (χ3v) is 7.05. The van der Waals surface area contributed by atoms with E-state index in [9.17, 15) is 14.4 Å². The van der Waals surface area contributed by atoms with Gasteiger partial charge in [0.1, 0.15) is 0 Å². The normalized spacial score (nSPS) is 20.6. The van der Waals surface area contributed by atoms with Crippen molar-refractivity contribution in [3.63, 3.8) is 0 Å². The molecule has 5 rings (SSSR count). The molecule has 2 amide bonds. The van der Waals surface area contributed by atoms with Crippen LogP contribution in [-0.2, 0) is 11.2 Å². The van der Waals surface area contributed by atoms with Crippen molar-refractivity contribution < 1.29 is 18.8 Å². The van der Waals surface area contributed by atoms with Crippen LogP contribution >= 0.6 is 11.3 Å². The molecule has 2 aliphatic rings. The Labute approximate surface area is 188 Å². The highest BCUT2D eigenvalue weighted by molar-refractivity contribution is 7.17. The fourth-order valence-corrected chi connectivity index (χ4v) is 5.41. The van der Waals surface area contributed by atoms with Crippen molar-refractivity contribution >= 4 is 34.1 Å². The summed E-state index contributed by atoms with van der Waals surface area (Å²) in [5.74, 6) is -0.803. The molecule has 1 saturated heterocycles. The van der Waals surface area contributed by atoms with Crippen LogP contribution in [0.5, 0.6) is 0 Å². The molecular weight excluding hydrogens is 428 g/mol. The number of ketones is 1. The summed E-state index contributed by atoms with van der Waals surface area (Å²) in [7, 11) is 0. The number of likely N-dealkylation sites (tertiary alicyclic amines) is 1. The fraction of sp³-hybridized carbons (Fsp3) is 0.348. The van der Waals surface area contributed by atoms with E-state index in [0.29, 0.717) is 28.7 Å². The number of aromatic nitrogens is 2. The highest BCUT2D eigenvalue weighted by Crippen LogP contribution is 2.36. The van der Waals surface area contributed by atoms with Crippen LogP contribution in [0.4, 0.5) is 5.13 Å². The Balaban J connectivity index is 1.33. The monoisotopic (exact) mass is 450 g/mol. The Morgan fingerprint density at radius 1 is 1.19 bits per heavy atom. The summed E-state index contributed by atoms with van der Waals surface area (Å²) in [5.41, 5.74) is 1.61. The first-order chi connectivity index (χ1) is 15.6. The first kappa shape index (κ1) is 20.6. The van der Waals surface area contributed by atoms with Crippen molar-refractivity contribution in [2.75, 3.05) is 11.9 Å². The van der Waals surface area contributed by atoms with Crippen molar-refractivity contribution in [2.24, 2.45) is 5.92 Å². The zero-order chi connectivity index (χ0) is 22.1. The zero-order valence-corrected chi connectivity index (χ0v) is 18.1. The average molecular weight is 451 g/mol. The third kappa shape index (κ3) is 3.95. The Hall–Kier alpha value is -3.33. The van der Waals surface area contributed by atoms with E-state index in [1.54, 1.807) is 18.3 Å². The summed E-state index contributed by atoms with van der Waals surface area (Å²) in [6.45, 7) is 0.678. The van der Waals surface area contributed by atoms with Gasteiger partial charge in [0.2, 0.25) is 5.91 Å². The second-order valence-corrected chi connectivity index (χ2v) is 9.08. The van der Waals surface area contributed by atoms with Gasteiger partial charge in [-0.3, -0.25) is 24.7 Å². The number of amides is 2. The number of thiazole rings is 1. The number of nitrogens with zero attached hydrogens (tertiary/aromatic N) is 3. The van der Waals surface area contributed by atoms with Crippen molar-refractivity contribution in [2.45, 2.75) is 38.1 Å². The molecule has 0 radical (unpaired) electrons. The van der Waals surface area contributed by atoms with Crippen LogP contribution in [0.1, 0.15) is 63.2 Å². The number of furan rings is 1. The molecule has 4 heterocycles. The van der Waals surface area contributed by atoms with E-state index in [2.05, 4.69) is 15.3 Å². The summed E-state index contributed by atoms with van der Waals surface area (Å²) < 4.78 is 5.10. The first-order valence-electron chi connectivity index (χ1n) is 10.7. The molecule has 3 aromatic rings. The number of piperidine rings is 1. The van der Waals surface area contributed by atoms with Crippen molar-refractivity contribution in [1.29, 1.82) is 0 Å². The molecule has 1 aliphatic heterocycles. The van der Waals surface area contributed by atoms with Gasteiger partial charge in [-0.25, -0.2) is 4.98 Å². The molecule has 0 saturated carbocycles. The number of Topliss-reactive ketones (excluding diaryl/α,β-unsaturated/α-hetero) is 1. The van der Waals surface area contributed by atoms with Gasteiger partial charge in [-0.05, 0) is 43.0 Å². The second kappa shape index (κ2) is 8.66. The lowest BCUT2D eigenvalue weighted by molar-refractivity contribution is -0.139. The van der Waals surface area contributed by atoms with Gasteiger partial charge in [-0.15, -0.1) is 0 Å². The van der Waals surface area contributed by atoms with E-state index in [-0.39, 0.29) is 29.9 Å². The van der Waals surface area contributed by atoms with Crippen LogP contribution in [0.3, 0.4) is 0 Å². The molecular formula is C23H22N4O4S. The summed E-state index contributed by atoms with van der Waals surface area (Å²) in [4.78, 5) is 49.6. The summed E-state index contributed by atoms with van der Waals surface area (Å²) in [6.07, 6.45) is 8.41. The number of rotatable bonds is 4. The maximum Gasteiger partial charge on any atom is 0.293 e. The number of carbonyl (C=O) groups is 3. The maximum atomic E-state index is 13.5. The lowest BCUT2D eigenvalue weighted by Gasteiger charge is -2.38. The lowest BCUT2D eigenvalue weighted by Crippen LogP contribution is -2.44. The molecule has 1 aliphatic carbocycles. The maximum absolute atomic E-state index is 13.5. The molecule has 1 fully saturated rings. The summed E-state index contributed by atoms with van der Waals surface area (Å²) in [5, 5.41) is 3.02. The van der Waals surface area contributed by atoms with Crippen molar-refractivity contribution in [3.8, 4) is 0 Å². The Kier molecular flexibility index (Phi) is 5.57. The van der Waals surface area contributed by atoms with Gasteiger partial charge in [-0.2, -0.15) is 0 Å². The SMILES string of the molecule is O=C(Nc1nc2c(s1)C(=O)CC(C(=O)N1CCCCC1c1cccnc1)C2)c1ccco1. The zero-order valence-electron chi connectivity index (χ0n) is 17.3. The molecule has 0 spiro atoms. The van der Waals surface area contributed by atoms with Gasteiger partial charge < -0.3 is 9.32 Å². The van der Waals surface area contributed by atoms with Gasteiger partial charge in [0.25, 0.3) is 5.91 Å². The van der Waals surface area contributed by atoms with Crippen LogP contribution in [0.25, 0.3) is 0 Å². The molecule has 0 bridgehead atoms. The number of fused-ring (bicyclic) bond motifs is 1. The minimum absolute atomic E-state index is 0.00766. The molecule has 2 unspecified atom stereocenters. The Bertz CT molecular complexity index is 1140. The van der Waals surface area contributed by atoms with Crippen LogP contribution in [0.2, 0.25) is 0 Å². The van der Waals surface area contributed by atoms with E-state index in [0.717, 1.165) is 36.2 Å². The summed E-state index contributed by atoms with van der Waals surface area (Å²) in [6, 6.07) is 7.06. The fourth-order valence-electron chi connectivity index (χ4n) is 4.47.